The fraction of sp³-hybridized carbons (Fsp3) is 0.692. The molecule has 1 amide bonds. The van der Waals surface area contributed by atoms with Gasteiger partial charge in [-0.15, -0.1) is 11.3 Å². The van der Waals surface area contributed by atoms with Gasteiger partial charge in [0.25, 0.3) is 0 Å². The molecule has 1 N–H and O–H groups in total. The topological polar surface area (TPSA) is 48.5 Å². The van der Waals surface area contributed by atoms with Gasteiger partial charge in [0, 0.05) is 50.6 Å². The summed E-state index contributed by atoms with van der Waals surface area (Å²) >= 11 is 1.68. The normalized spacial score (nSPS) is 16.1. The third-order valence-corrected chi connectivity index (χ3v) is 4.36. The summed E-state index contributed by atoms with van der Waals surface area (Å²) in [6.07, 6.45) is 0.606. The Kier molecular flexibility index (Phi) is 5.30. The zero-order valence-electron chi connectivity index (χ0n) is 11.7. The summed E-state index contributed by atoms with van der Waals surface area (Å²) < 4.78 is 0. The van der Waals surface area contributed by atoms with E-state index >= 15 is 0 Å². The highest BCUT2D eigenvalue weighted by Gasteiger charge is 2.16. The Labute approximate surface area is 118 Å². The van der Waals surface area contributed by atoms with Crippen molar-refractivity contribution in [2.45, 2.75) is 19.9 Å². The standard InChI is InChI=1S/C13H22N4OS/c1-11-12(19-10-15-11)9-16(2)6-3-13(18)17-7-4-14-5-8-17/h10,14H,3-9H2,1-2H3. The fourth-order valence-corrected chi connectivity index (χ4v) is 3.02. The third kappa shape index (κ3) is 4.26. The minimum absolute atomic E-state index is 0.273. The Morgan fingerprint density at radius 3 is 2.89 bits per heavy atom. The second-order valence-corrected chi connectivity index (χ2v) is 5.92. The van der Waals surface area contributed by atoms with Crippen LogP contribution in [0.25, 0.3) is 0 Å². The first-order valence-electron chi connectivity index (χ1n) is 6.73. The Morgan fingerprint density at radius 2 is 2.26 bits per heavy atom. The Hall–Kier alpha value is -0.980. The second-order valence-electron chi connectivity index (χ2n) is 4.98. The molecule has 106 valence electrons. The molecule has 5 nitrogen and oxygen atoms in total. The number of carbonyl (C=O) groups excluding carboxylic acids is 1. The summed E-state index contributed by atoms with van der Waals surface area (Å²) in [6, 6.07) is 0. The maximum absolute atomic E-state index is 12.0. The first-order valence-corrected chi connectivity index (χ1v) is 7.61. The lowest BCUT2D eigenvalue weighted by Crippen LogP contribution is -2.47. The lowest BCUT2D eigenvalue weighted by atomic mass is 10.3. The van der Waals surface area contributed by atoms with Crippen LogP contribution in [-0.2, 0) is 11.3 Å². The molecule has 0 aliphatic carbocycles. The first-order chi connectivity index (χ1) is 9.16. The molecule has 0 spiro atoms. The summed E-state index contributed by atoms with van der Waals surface area (Å²) in [4.78, 5) is 21.7. The summed E-state index contributed by atoms with van der Waals surface area (Å²) in [7, 11) is 2.06. The molecule has 1 aliphatic heterocycles. The number of aryl methyl sites for hydroxylation is 1. The highest BCUT2D eigenvalue weighted by Crippen LogP contribution is 2.14. The average molecular weight is 282 g/mol. The minimum Gasteiger partial charge on any atom is -0.340 e. The Morgan fingerprint density at radius 1 is 1.53 bits per heavy atom. The number of thiazole rings is 1. The molecule has 0 radical (unpaired) electrons. The van der Waals surface area contributed by atoms with E-state index in [-0.39, 0.29) is 5.91 Å². The van der Waals surface area contributed by atoms with Gasteiger partial charge in [0.2, 0.25) is 5.91 Å². The van der Waals surface area contributed by atoms with E-state index in [1.165, 1.54) is 4.88 Å². The van der Waals surface area contributed by atoms with Gasteiger partial charge in [-0.2, -0.15) is 0 Å². The maximum atomic E-state index is 12.0. The van der Waals surface area contributed by atoms with E-state index in [1.807, 2.05) is 17.3 Å². The van der Waals surface area contributed by atoms with Crippen LogP contribution in [0.3, 0.4) is 0 Å². The van der Waals surface area contributed by atoms with Crippen LogP contribution >= 0.6 is 11.3 Å². The molecule has 1 aliphatic rings. The number of amides is 1. The highest BCUT2D eigenvalue weighted by atomic mass is 32.1. The molecular weight excluding hydrogens is 260 g/mol. The van der Waals surface area contributed by atoms with Gasteiger partial charge in [0.15, 0.2) is 0 Å². The molecule has 1 aromatic rings. The van der Waals surface area contributed by atoms with E-state index in [2.05, 4.69) is 22.2 Å². The number of nitrogens with zero attached hydrogens (tertiary/aromatic N) is 3. The SMILES string of the molecule is Cc1ncsc1CN(C)CCC(=O)N1CCNCC1. The van der Waals surface area contributed by atoms with Gasteiger partial charge >= 0.3 is 0 Å². The fourth-order valence-electron chi connectivity index (χ4n) is 2.16. The molecule has 0 atom stereocenters. The van der Waals surface area contributed by atoms with Gasteiger partial charge < -0.3 is 15.1 Å². The highest BCUT2D eigenvalue weighted by molar-refractivity contribution is 7.09. The van der Waals surface area contributed by atoms with Crippen molar-refractivity contribution in [2.75, 3.05) is 39.8 Å². The van der Waals surface area contributed by atoms with E-state index < -0.39 is 0 Å². The molecule has 19 heavy (non-hydrogen) atoms. The molecule has 0 unspecified atom stereocenters. The minimum atomic E-state index is 0.273. The van der Waals surface area contributed by atoms with E-state index in [0.29, 0.717) is 6.42 Å². The van der Waals surface area contributed by atoms with Crippen LogP contribution in [0.5, 0.6) is 0 Å². The van der Waals surface area contributed by atoms with Gasteiger partial charge in [0.1, 0.15) is 0 Å². The summed E-state index contributed by atoms with van der Waals surface area (Å²) in [5.74, 6) is 0.273. The number of hydrogen-bond acceptors (Lipinski definition) is 5. The Balaban J connectivity index is 1.72. The summed E-state index contributed by atoms with van der Waals surface area (Å²) in [5, 5.41) is 3.26. The van der Waals surface area contributed by atoms with Crippen LogP contribution < -0.4 is 5.32 Å². The predicted octanol–water partition coefficient (Wildman–Crippen LogP) is 0.705. The average Bonchev–Trinajstić information content (AvgIpc) is 2.82. The molecule has 0 saturated carbocycles. The monoisotopic (exact) mass is 282 g/mol. The molecule has 1 fully saturated rings. The number of hydrogen-bond donors (Lipinski definition) is 1. The van der Waals surface area contributed by atoms with Crippen molar-refractivity contribution < 1.29 is 4.79 Å². The summed E-state index contributed by atoms with van der Waals surface area (Å²) in [6.45, 7) is 7.24. The molecular formula is C13H22N4OS. The van der Waals surface area contributed by atoms with Gasteiger partial charge in [-0.05, 0) is 14.0 Å². The molecule has 1 aromatic heterocycles. The lowest BCUT2D eigenvalue weighted by molar-refractivity contribution is -0.132. The van der Waals surface area contributed by atoms with Gasteiger partial charge in [-0.3, -0.25) is 4.79 Å². The summed E-state index contributed by atoms with van der Waals surface area (Å²) in [5.41, 5.74) is 2.98. The molecule has 0 aromatic carbocycles. The number of nitrogens with one attached hydrogen (secondary N) is 1. The molecule has 6 heteroatoms. The second kappa shape index (κ2) is 6.98. The van der Waals surface area contributed by atoms with Gasteiger partial charge in [0.05, 0.1) is 11.2 Å². The van der Waals surface area contributed by atoms with Crippen molar-refractivity contribution >= 4 is 17.2 Å². The maximum Gasteiger partial charge on any atom is 0.223 e. The zero-order chi connectivity index (χ0) is 13.7. The van der Waals surface area contributed by atoms with Crippen LogP contribution in [-0.4, -0.2) is 60.5 Å². The largest absolute Gasteiger partial charge is 0.340 e. The quantitative estimate of drug-likeness (QED) is 0.864. The van der Waals surface area contributed by atoms with Gasteiger partial charge in [-0.1, -0.05) is 0 Å². The number of carbonyl (C=O) groups is 1. The lowest BCUT2D eigenvalue weighted by Gasteiger charge is -2.28. The van der Waals surface area contributed by atoms with E-state index in [0.717, 1.165) is 45.0 Å². The van der Waals surface area contributed by atoms with Crippen molar-refractivity contribution in [1.82, 2.24) is 20.1 Å². The third-order valence-electron chi connectivity index (χ3n) is 3.44. The molecule has 1 saturated heterocycles. The van der Waals surface area contributed by atoms with E-state index in [1.54, 1.807) is 11.3 Å². The molecule has 2 heterocycles. The first kappa shape index (κ1) is 14.4. The molecule has 0 bridgehead atoms. The van der Waals surface area contributed by atoms with Crippen LogP contribution in [0.1, 0.15) is 17.0 Å². The predicted molar refractivity (Wildman–Crippen MR) is 77.3 cm³/mol. The number of piperazine rings is 1. The Bertz CT molecular complexity index is 415. The van der Waals surface area contributed by atoms with Crippen molar-refractivity contribution in [2.24, 2.45) is 0 Å². The van der Waals surface area contributed by atoms with Crippen LogP contribution in [0.4, 0.5) is 0 Å². The van der Waals surface area contributed by atoms with Crippen molar-refractivity contribution in [3.05, 3.63) is 16.1 Å². The molecule has 2 rings (SSSR count). The van der Waals surface area contributed by atoms with Crippen molar-refractivity contribution in [3.8, 4) is 0 Å². The van der Waals surface area contributed by atoms with Crippen molar-refractivity contribution in [3.63, 3.8) is 0 Å². The van der Waals surface area contributed by atoms with E-state index in [9.17, 15) is 4.79 Å². The number of aromatic nitrogens is 1. The van der Waals surface area contributed by atoms with Crippen LogP contribution in [0.2, 0.25) is 0 Å². The smallest absolute Gasteiger partial charge is 0.223 e. The number of rotatable bonds is 5. The zero-order valence-corrected chi connectivity index (χ0v) is 12.5. The van der Waals surface area contributed by atoms with Gasteiger partial charge in [-0.25, -0.2) is 4.98 Å². The van der Waals surface area contributed by atoms with Crippen LogP contribution in [0, 0.1) is 6.92 Å². The van der Waals surface area contributed by atoms with E-state index in [4.69, 9.17) is 0 Å². The van der Waals surface area contributed by atoms with Crippen molar-refractivity contribution in [1.29, 1.82) is 0 Å². The van der Waals surface area contributed by atoms with Crippen LogP contribution in [0.15, 0.2) is 5.51 Å².